The number of hydrogen-bond acceptors (Lipinski definition) is 5. The van der Waals surface area contributed by atoms with Gasteiger partial charge in [-0.15, -0.1) is 0 Å². The monoisotopic (exact) mass is 542 g/mol. The van der Waals surface area contributed by atoms with Gasteiger partial charge in [0.2, 0.25) is 0 Å². The molecule has 0 aliphatic rings. The molecule has 0 fully saturated rings. The molecule has 2 aromatic heterocycles. The fourth-order valence-electron chi connectivity index (χ4n) is 5.41. The number of hydrogen-bond donors (Lipinski definition) is 1. The number of imidazole rings is 1. The summed E-state index contributed by atoms with van der Waals surface area (Å²) in [5.41, 5.74) is 3.85. The van der Waals surface area contributed by atoms with Crippen LogP contribution in [0.4, 0.5) is 0 Å². The zero-order valence-electron chi connectivity index (χ0n) is 23.0. The maximum Gasteiger partial charge on any atom is 0.305 e. The molecule has 204 valence electrons. The number of rotatable bonds is 8. The van der Waals surface area contributed by atoms with Crippen molar-refractivity contribution in [3.63, 3.8) is 0 Å². The van der Waals surface area contributed by atoms with E-state index < -0.39 is 0 Å². The Hall–Kier alpha value is -5.04. The molecule has 6 rings (SSSR count). The van der Waals surface area contributed by atoms with E-state index in [1.807, 2.05) is 78.5 Å². The summed E-state index contributed by atoms with van der Waals surface area (Å²) >= 11 is 0. The van der Waals surface area contributed by atoms with Gasteiger partial charge in [-0.3, -0.25) is 14.6 Å². The summed E-state index contributed by atoms with van der Waals surface area (Å²) in [5.74, 6) is 0.245. The van der Waals surface area contributed by atoms with Crippen LogP contribution in [-0.2, 0) is 16.1 Å². The number of benzene rings is 4. The minimum atomic E-state index is -0.273. The average molecular weight is 543 g/mol. The first-order valence-corrected chi connectivity index (χ1v) is 13.7. The lowest BCUT2D eigenvalue weighted by Crippen LogP contribution is -2.27. The maximum atomic E-state index is 13.8. The standard InChI is InChI=1S/C34H30N4O3/c1-22(24-17-16-23-9-3-4-10-25(23)19-24)36-34(40)28-13-7-14-30-32(28)38(18-8-15-31(39)41-2)33(37-30)29-21-35-20-26-11-5-6-12-27(26)29/h3-7,9-14,16-17,19-22H,8,15,18H2,1-2H3,(H,36,40)/t22-/m0/s1. The average Bonchev–Trinajstić information content (AvgIpc) is 3.38. The number of nitrogens with one attached hydrogen (secondary N) is 1. The van der Waals surface area contributed by atoms with Crippen molar-refractivity contribution >= 4 is 44.5 Å². The number of amides is 1. The summed E-state index contributed by atoms with van der Waals surface area (Å²) in [6.07, 6.45) is 4.43. The first kappa shape index (κ1) is 26.2. The second-order valence-corrected chi connectivity index (χ2v) is 10.1. The van der Waals surface area contributed by atoms with Gasteiger partial charge in [-0.05, 0) is 53.3 Å². The lowest BCUT2D eigenvalue weighted by Gasteiger charge is -2.17. The highest BCUT2D eigenvalue weighted by Gasteiger charge is 2.22. The molecule has 0 saturated heterocycles. The molecular formula is C34H30N4O3. The molecule has 0 saturated carbocycles. The summed E-state index contributed by atoms with van der Waals surface area (Å²) in [6, 6.07) is 27.8. The Morgan fingerprint density at radius 2 is 1.68 bits per heavy atom. The van der Waals surface area contributed by atoms with Crippen molar-refractivity contribution in [1.29, 1.82) is 0 Å². The molecule has 7 nitrogen and oxygen atoms in total. The number of aryl methyl sites for hydroxylation is 1. The van der Waals surface area contributed by atoms with Crippen LogP contribution in [0.1, 0.15) is 41.7 Å². The summed E-state index contributed by atoms with van der Waals surface area (Å²) in [5, 5.41) is 7.50. The molecule has 0 spiro atoms. The van der Waals surface area contributed by atoms with E-state index in [1.165, 1.54) is 7.11 Å². The molecule has 0 unspecified atom stereocenters. The van der Waals surface area contributed by atoms with Crippen LogP contribution in [0.25, 0.3) is 44.0 Å². The number of nitrogens with zero attached hydrogens (tertiary/aromatic N) is 3. The minimum absolute atomic E-state index is 0.187. The van der Waals surface area contributed by atoms with E-state index in [2.05, 4.69) is 40.6 Å². The third kappa shape index (κ3) is 5.14. The van der Waals surface area contributed by atoms with E-state index in [1.54, 1.807) is 0 Å². The number of aromatic nitrogens is 3. The van der Waals surface area contributed by atoms with Crippen molar-refractivity contribution in [2.75, 3.05) is 7.11 Å². The van der Waals surface area contributed by atoms with E-state index in [0.29, 0.717) is 29.9 Å². The van der Waals surface area contributed by atoms with Gasteiger partial charge in [0.25, 0.3) is 5.91 Å². The highest BCUT2D eigenvalue weighted by Crippen LogP contribution is 2.32. The van der Waals surface area contributed by atoms with Gasteiger partial charge in [0.15, 0.2) is 0 Å². The predicted molar refractivity (Wildman–Crippen MR) is 162 cm³/mol. The van der Waals surface area contributed by atoms with Gasteiger partial charge in [0, 0.05) is 36.3 Å². The topological polar surface area (TPSA) is 86.1 Å². The Bertz CT molecular complexity index is 1900. The third-order valence-corrected chi connectivity index (χ3v) is 7.53. The van der Waals surface area contributed by atoms with Gasteiger partial charge in [-0.2, -0.15) is 0 Å². The van der Waals surface area contributed by atoms with Crippen molar-refractivity contribution in [1.82, 2.24) is 19.9 Å². The lowest BCUT2D eigenvalue weighted by atomic mass is 10.0. The molecule has 1 amide bonds. The number of esters is 1. The number of pyridine rings is 1. The molecular weight excluding hydrogens is 512 g/mol. The Labute approximate surface area is 237 Å². The number of carbonyl (C=O) groups is 2. The minimum Gasteiger partial charge on any atom is -0.469 e. The van der Waals surface area contributed by atoms with Crippen LogP contribution in [0.2, 0.25) is 0 Å². The van der Waals surface area contributed by atoms with Crippen molar-refractivity contribution in [3.05, 3.63) is 108 Å². The van der Waals surface area contributed by atoms with Gasteiger partial charge in [0.05, 0.1) is 29.7 Å². The van der Waals surface area contributed by atoms with Crippen LogP contribution in [0.15, 0.2) is 97.3 Å². The molecule has 0 radical (unpaired) electrons. The molecule has 0 aliphatic carbocycles. The van der Waals surface area contributed by atoms with Gasteiger partial charge in [-0.25, -0.2) is 4.98 Å². The van der Waals surface area contributed by atoms with Gasteiger partial charge >= 0.3 is 5.97 Å². The first-order valence-electron chi connectivity index (χ1n) is 13.7. The Kier molecular flexibility index (Phi) is 7.17. The van der Waals surface area contributed by atoms with E-state index in [4.69, 9.17) is 9.72 Å². The number of para-hydroxylation sites is 1. The predicted octanol–water partition coefficient (Wildman–Crippen LogP) is 6.85. The van der Waals surface area contributed by atoms with Gasteiger partial charge < -0.3 is 14.6 Å². The van der Waals surface area contributed by atoms with Gasteiger partial charge in [-0.1, -0.05) is 66.7 Å². The zero-order chi connectivity index (χ0) is 28.3. The van der Waals surface area contributed by atoms with Crippen molar-refractivity contribution in [2.45, 2.75) is 32.4 Å². The van der Waals surface area contributed by atoms with E-state index in [-0.39, 0.29) is 24.3 Å². The maximum absolute atomic E-state index is 13.8. The first-order chi connectivity index (χ1) is 20.0. The zero-order valence-corrected chi connectivity index (χ0v) is 23.0. The number of carbonyl (C=O) groups excluding carboxylic acids is 2. The summed E-state index contributed by atoms with van der Waals surface area (Å²) in [4.78, 5) is 35.2. The van der Waals surface area contributed by atoms with E-state index in [0.717, 1.165) is 38.2 Å². The second-order valence-electron chi connectivity index (χ2n) is 10.1. The van der Waals surface area contributed by atoms with Crippen LogP contribution in [-0.4, -0.2) is 33.5 Å². The van der Waals surface area contributed by atoms with Gasteiger partial charge in [0.1, 0.15) is 5.82 Å². The van der Waals surface area contributed by atoms with Crippen molar-refractivity contribution in [2.24, 2.45) is 0 Å². The van der Waals surface area contributed by atoms with Crippen molar-refractivity contribution in [3.8, 4) is 11.4 Å². The Morgan fingerprint density at radius 1 is 0.902 bits per heavy atom. The van der Waals surface area contributed by atoms with Crippen LogP contribution in [0.3, 0.4) is 0 Å². The second kappa shape index (κ2) is 11.2. The third-order valence-electron chi connectivity index (χ3n) is 7.53. The SMILES string of the molecule is COC(=O)CCCn1c(-c2cncc3ccccc23)nc2cccc(C(=O)N[C@@H](C)c3ccc4ccccc4c3)c21. The molecule has 1 atom stereocenters. The highest BCUT2D eigenvalue weighted by molar-refractivity contribution is 6.06. The normalized spacial score (nSPS) is 12.0. The van der Waals surface area contributed by atoms with E-state index >= 15 is 0 Å². The smallest absolute Gasteiger partial charge is 0.305 e. The lowest BCUT2D eigenvalue weighted by molar-refractivity contribution is -0.140. The molecule has 0 aliphatic heterocycles. The van der Waals surface area contributed by atoms with Crippen LogP contribution < -0.4 is 5.32 Å². The molecule has 4 aromatic carbocycles. The molecule has 41 heavy (non-hydrogen) atoms. The highest BCUT2D eigenvalue weighted by atomic mass is 16.5. The Balaban J connectivity index is 1.41. The molecule has 7 heteroatoms. The molecule has 2 heterocycles. The molecule has 1 N–H and O–H groups in total. The summed E-state index contributed by atoms with van der Waals surface area (Å²) in [6.45, 7) is 2.47. The number of methoxy groups -OCH3 is 1. The van der Waals surface area contributed by atoms with Crippen LogP contribution in [0, 0.1) is 0 Å². The number of fused-ring (bicyclic) bond motifs is 3. The summed E-state index contributed by atoms with van der Waals surface area (Å²) in [7, 11) is 1.39. The summed E-state index contributed by atoms with van der Waals surface area (Å²) < 4.78 is 6.91. The fraction of sp³-hybridized carbons (Fsp3) is 0.176. The fourth-order valence-corrected chi connectivity index (χ4v) is 5.41. The van der Waals surface area contributed by atoms with E-state index in [9.17, 15) is 9.59 Å². The quantitative estimate of drug-likeness (QED) is 0.213. The molecule has 6 aromatic rings. The Morgan fingerprint density at radius 3 is 2.51 bits per heavy atom. The van der Waals surface area contributed by atoms with Crippen LogP contribution in [0.5, 0.6) is 0 Å². The largest absolute Gasteiger partial charge is 0.469 e. The van der Waals surface area contributed by atoms with Crippen LogP contribution >= 0.6 is 0 Å². The molecule has 0 bridgehead atoms. The number of ether oxygens (including phenoxy) is 1. The van der Waals surface area contributed by atoms with Crippen molar-refractivity contribution < 1.29 is 14.3 Å².